The van der Waals surface area contributed by atoms with Crippen LogP contribution in [0, 0.1) is 5.92 Å². The number of rotatable bonds is 11. The van der Waals surface area contributed by atoms with Gasteiger partial charge in [-0.25, -0.2) is 4.79 Å². The first-order valence-electron chi connectivity index (χ1n) is 11.8. The molecule has 194 valence electrons. The van der Waals surface area contributed by atoms with Gasteiger partial charge in [0.1, 0.15) is 12.1 Å². The molecule has 0 unspecified atom stereocenters. The maximum absolute atomic E-state index is 13.2. The second-order valence-corrected chi connectivity index (χ2v) is 8.22. The lowest BCUT2D eigenvalue weighted by Gasteiger charge is -2.26. The summed E-state index contributed by atoms with van der Waals surface area (Å²) in [6.45, 7) is 5.45. The number of fused-ring (bicyclic) bond motifs is 1. The molecule has 0 saturated carbocycles. The SMILES string of the molecule is CCOC(=O)[C@@H]1Cc2ccccc2N1C(=O)CNC(=O)[C@@H](Nc1nc(OC)nc(OC)n1)[C@@H](C)CC. The molecule has 3 atom stereocenters. The molecule has 12 nitrogen and oxygen atoms in total. The smallest absolute Gasteiger partial charge is 0.329 e. The van der Waals surface area contributed by atoms with E-state index >= 15 is 0 Å². The number of esters is 1. The molecule has 2 heterocycles. The Morgan fingerprint density at radius 2 is 1.75 bits per heavy atom. The van der Waals surface area contributed by atoms with Crippen LogP contribution in [0.5, 0.6) is 12.0 Å². The lowest BCUT2D eigenvalue weighted by molar-refractivity contribution is -0.145. The number of hydrogen-bond acceptors (Lipinski definition) is 10. The maximum Gasteiger partial charge on any atom is 0.329 e. The van der Waals surface area contributed by atoms with Crippen molar-refractivity contribution < 1.29 is 28.6 Å². The number of carbonyl (C=O) groups is 3. The van der Waals surface area contributed by atoms with E-state index in [4.69, 9.17) is 14.2 Å². The summed E-state index contributed by atoms with van der Waals surface area (Å²) in [6, 6.07) is 5.82. The highest BCUT2D eigenvalue weighted by Crippen LogP contribution is 2.32. The fourth-order valence-corrected chi connectivity index (χ4v) is 3.91. The highest BCUT2D eigenvalue weighted by molar-refractivity contribution is 6.04. The Hall–Kier alpha value is -3.96. The zero-order valence-electron chi connectivity index (χ0n) is 21.1. The molecular formula is C24H32N6O6. The standard InChI is InChI=1S/C24H32N6O6/c1-6-14(3)19(26-22-27-23(34-4)29-24(28-22)35-5)20(32)25-13-18(31)30-16-11-9-8-10-15(16)12-17(30)21(33)36-7-2/h8-11,14,17,19H,6-7,12-13H2,1-5H3,(H,25,32)(H,26,27,28,29)/t14-,17-,19-/m0/s1. The molecule has 1 aliphatic heterocycles. The van der Waals surface area contributed by atoms with Gasteiger partial charge in [0.25, 0.3) is 0 Å². The Kier molecular flexibility index (Phi) is 8.98. The van der Waals surface area contributed by atoms with Crippen molar-refractivity contribution in [2.24, 2.45) is 5.92 Å². The summed E-state index contributed by atoms with van der Waals surface area (Å²) >= 11 is 0. The van der Waals surface area contributed by atoms with E-state index in [1.807, 2.05) is 26.0 Å². The molecule has 36 heavy (non-hydrogen) atoms. The van der Waals surface area contributed by atoms with Gasteiger partial charge in [0.15, 0.2) is 0 Å². The number of amides is 2. The van der Waals surface area contributed by atoms with E-state index in [-0.39, 0.29) is 37.0 Å². The zero-order chi connectivity index (χ0) is 26.2. The fourth-order valence-electron chi connectivity index (χ4n) is 3.91. The van der Waals surface area contributed by atoms with E-state index in [1.165, 1.54) is 19.1 Å². The molecule has 2 amide bonds. The third-order valence-corrected chi connectivity index (χ3v) is 5.96. The van der Waals surface area contributed by atoms with Crippen LogP contribution in [0.4, 0.5) is 11.6 Å². The normalized spacial score (nSPS) is 15.9. The van der Waals surface area contributed by atoms with Crippen molar-refractivity contribution in [2.45, 2.75) is 45.7 Å². The Balaban J connectivity index is 1.75. The Bertz CT molecular complexity index is 1070. The van der Waals surface area contributed by atoms with Crippen molar-refractivity contribution in [3.63, 3.8) is 0 Å². The Morgan fingerprint density at radius 1 is 1.08 bits per heavy atom. The maximum atomic E-state index is 13.2. The molecule has 0 saturated heterocycles. The number of benzene rings is 1. The van der Waals surface area contributed by atoms with Crippen LogP contribution in [-0.2, 0) is 25.5 Å². The number of ether oxygens (including phenoxy) is 3. The quantitative estimate of drug-likeness (QED) is 0.434. The van der Waals surface area contributed by atoms with Crippen molar-refractivity contribution in [3.8, 4) is 12.0 Å². The molecule has 0 bridgehead atoms. The number of carbonyl (C=O) groups excluding carboxylic acids is 3. The number of methoxy groups -OCH3 is 2. The first kappa shape index (κ1) is 26.6. The van der Waals surface area contributed by atoms with Crippen molar-refractivity contribution in [3.05, 3.63) is 29.8 Å². The molecule has 0 aliphatic carbocycles. The van der Waals surface area contributed by atoms with Crippen LogP contribution in [0.3, 0.4) is 0 Å². The van der Waals surface area contributed by atoms with Gasteiger partial charge in [0.05, 0.1) is 27.4 Å². The molecule has 0 fully saturated rings. The van der Waals surface area contributed by atoms with Gasteiger partial charge in [-0.3, -0.25) is 14.5 Å². The number of anilines is 2. The van der Waals surface area contributed by atoms with Gasteiger partial charge in [0, 0.05) is 12.1 Å². The van der Waals surface area contributed by atoms with Gasteiger partial charge in [-0.1, -0.05) is 38.5 Å². The van der Waals surface area contributed by atoms with Crippen LogP contribution in [0.2, 0.25) is 0 Å². The van der Waals surface area contributed by atoms with Crippen LogP contribution in [0.25, 0.3) is 0 Å². The zero-order valence-corrected chi connectivity index (χ0v) is 21.1. The van der Waals surface area contributed by atoms with E-state index in [1.54, 1.807) is 19.1 Å². The Morgan fingerprint density at radius 3 is 2.36 bits per heavy atom. The summed E-state index contributed by atoms with van der Waals surface area (Å²) in [4.78, 5) is 52.6. The van der Waals surface area contributed by atoms with Gasteiger partial charge in [-0.05, 0) is 24.5 Å². The van der Waals surface area contributed by atoms with Gasteiger partial charge < -0.3 is 24.8 Å². The highest BCUT2D eigenvalue weighted by Gasteiger charge is 2.39. The topological polar surface area (TPSA) is 145 Å². The molecule has 2 N–H and O–H groups in total. The minimum Gasteiger partial charge on any atom is -0.467 e. The molecule has 1 aliphatic rings. The lowest BCUT2D eigenvalue weighted by atomic mass is 9.98. The molecule has 0 radical (unpaired) electrons. The first-order chi connectivity index (χ1) is 17.3. The molecule has 0 spiro atoms. The average molecular weight is 501 g/mol. The summed E-state index contributed by atoms with van der Waals surface area (Å²) in [5.74, 6) is -1.35. The number of hydrogen-bond donors (Lipinski definition) is 2. The summed E-state index contributed by atoms with van der Waals surface area (Å²) in [6.07, 6.45) is 1.03. The van der Waals surface area contributed by atoms with Gasteiger partial charge in [-0.2, -0.15) is 9.97 Å². The van der Waals surface area contributed by atoms with E-state index in [0.717, 1.165) is 5.56 Å². The van der Waals surface area contributed by atoms with Crippen molar-refractivity contribution in [1.29, 1.82) is 0 Å². The van der Waals surface area contributed by atoms with E-state index in [2.05, 4.69) is 25.6 Å². The van der Waals surface area contributed by atoms with Crippen LogP contribution in [-0.4, -0.2) is 72.2 Å². The summed E-state index contributed by atoms with van der Waals surface area (Å²) in [5.41, 5.74) is 1.50. The van der Waals surface area contributed by atoms with Crippen LogP contribution >= 0.6 is 0 Å². The second-order valence-electron chi connectivity index (χ2n) is 8.22. The predicted octanol–water partition coefficient (Wildman–Crippen LogP) is 1.35. The number of nitrogens with zero attached hydrogens (tertiary/aromatic N) is 4. The Labute approximate surface area is 209 Å². The number of aromatic nitrogens is 3. The third-order valence-electron chi connectivity index (χ3n) is 5.96. The van der Waals surface area contributed by atoms with E-state index in [9.17, 15) is 14.4 Å². The number of nitrogens with one attached hydrogen (secondary N) is 2. The average Bonchev–Trinajstić information content (AvgIpc) is 3.29. The lowest BCUT2D eigenvalue weighted by Crippen LogP contribution is -2.51. The van der Waals surface area contributed by atoms with Crippen molar-refractivity contribution in [2.75, 3.05) is 37.6 Å². The molecule has 2 aromatic rings. The monoisotopic (exact) mass is 500 g/mol. The van der Waals surface area contributed by atoms with Gasteiger partial charge in [-0.15, -0.1) is 4.98 Å². The molecule has 12 heteroatoms. The van der Waals surface area contributed by atoms with Gasteiger partial charge in [0.2, 0.25) is 17.8 Å². The molecular weight excluding hydrogens is 468 g/mol. The van der Waals surface area contributed by atoms with Crippen molar-refractivity contribution >= 4 is 29.4 Å². The van der Waals surface area contributed by atoms with E-state index < -0.39 is 29.9 Å². The largest absolute Gasteiger partial charge is 0.467 e. The summed E-state index contributed by atoms with van der Waals surface area (Å²) in [5, 5.41) is 5.69. The van der Waals surface area contributed by atoms with Crippen molar-refractivity contribution in [1.82, 2.24) is 20.3 Å². The van der Waals surface area contributed by atoms with Crippen LogP contribution in [0.15, 0.2) is 24.3 Å². The fraction of sp³-hybridized carbons (Fsp3) is 0.500. The second kappa shape index (κ2) is 12.1. The first-order valence-corrected chi connectivity index (χ1v) is 11.8. The minimum atomic E-state index is -0.777. The third kappa shape index (κ3) is 5.99. The summed E-state index contributed by atoms with van der Waals surface area (Å²) in [7, 11) is 2.81. The molecule has 1 aromatic heterocycles. The van der Waals surface area contributed by atoms with Crippen LogP contribution < -0.4 is 25.0 Å². The molecule has 1 aromatic carbocycles. The van der Waals surface area contributed by atoms with Crippen LogP contribution in [0.1, 0.15) is 32.8 Å². The van der Waals surface area contributed by atoms with Gasteiger partial charge >= 0.3 is 18.0 Å². The molecule has 3 rings (SSSR count). The van der Waals surface area contributed by atoms with E-state index in [0.29, 0.717) is 18.5 Å². The minimum absolute atomic E-state index is 0.0283. The number of para-hydroxylation sites is 1. The highest BCUT2D eigenvalue weighted by atomic mass is 16.5. The predicted molar refractivity (Wildman–Crippen MR) is 131 cm³/mol. The summed E-state index contributed by atoms with van der Waals surface area (Å²) < 4.78 is 15.3.